The molecule has 1 atom stereocenters. The minimum atomic E-state index is -1.20. The number of rotatable bonds is 7. The lowest BCUT2D eigenvalue weighted by Gasteiger charge is -2.31. The zero-order valence-electron chi connectivity index (χ0n) is 10.2. The van der Waals surface area contributed by atoms with Gasteiger partial charge in [0.15, 0.2) is 0 Å². The second-order valence-electron chi connectivity index (χ2n) is 4.37. The maximum atomic E-state index is 11.8. The molecule has 0 aromatic carbocycles. The third kappa shape index (κ3) is 3.51. The van der Waals surface area contributed by atoms with Crippen molar-refractivity contribution in [3.8, 4) is 0 Å². The van der Waals surface area contributed by atoms with E-state index in [0.29, 0.717) is 32.7 Å². The Morgan fingerprint density at radius 1 is 1.35 bits per heavy atom. The highest BCUT2D eigenvalue weighted by atomic mass is 16.5. The van der Waals surface area contributed by atoms with E-state index in [-0.39, 0.29) is 12.2 Å². The Hall–Kier alpha value is -0.940. The summed E-state index contributed by atoms with van der Waals surface area (Å²) in [6.07, 6.45) is 2.69. The Kier molecular flexibility index (Phi) is 5.58. The summed E-state index contributed by atoms with van der Waals surface area (Å²) in [5, 5.41) is 9.26. The molecule has 0 aromatic rings. The molecular weight excluding hydrogens is 224 g/mol. The normalized spacial score (nSPS) is 24.9. The van der Waals surface area contributed by atoms with Crippen molar-refractivity contribution in [2.75, 3.05) is 26.9 Å². The molecule has 1 aliphatic rings. The number of carboxylic acids is 1. The summed E-state index contributed by atoms with van der Waals surface area (Å²) in [6.45, 7) is 1.20. The zero-order chi connectivity index (χ0) is 12.7. The number of carbonyl (C=O) groups excluding carboxylic acids is 1. The summed E-state index contributed by atoms with van der Waals surface area (Å²) in [5.74, 6) is -1.15. The molecule has 0 radical (unpaired) electrons. The van der Waals surface area contributed by atoms with Gasteiger partial charge in [-0.2, -0.15) is 0 Å². The number of hydrogen-bond donors (Lipinski definition) is 1. The molecule has 1 N–H and O–H groups in total. The first kappa shape index (κ1) is 14.1. The van der Waals surface area contributed by atoms with Gasteiger partial charge in [0.05, 0.1) is 13.2 Å². The summed E-state index contributed by atoms with van der Waals surface area (Å²) in [5.41, 5.74) is -1.20. The summed E-state index contributed by atoms with van der Waals surface area (Å²) in [6, 6.07) is 0. The SMILES string of the molecule is COCCOCCC1(C(=O)O)CCCCC1=O. The van der Waals surface area contributed by atoms with E-state index in [1.54, 1.807) is 7.11 Å². The van der Waals surface area contributed by atoms with Gasteiger partial charge >= 0.3 is 5.97 Å². The molecule has 1 saturated carbocycles. The molecule has 0 saturated heterocycles. The largest absolute Gasteiger partial charge is 0.480 e. The predicted octanol–water partition coefficient (Wildman–Crippen LogP) is 1.25. The van der Waals surface area contributed by atoms with Gasteiger partial charge in [-0.1, -0.05) is 6.42 Å². The van der Waals surface area contributed by atoms with Crippen molar-refractivity contribution in [3.05, 3.63) is 0 Å². The van der Waals surface area contributed by atoms with Crippen LogP contribution in [0.15, 0.2) is 0 Å². The number of carbonyl (C=O) groups is 2. The molecule has 0 bridgehead atoms. The van der Waals surface area contributed by atoms with E-state index in [1.807, 2.05) is 0 Å². The summed E-state index contributed by atoms with van der Waals surface area (Å²) in [7, 11) is 1.58. The second kappa shape index (κ2) is 6.71. The summed E-state index contributed by atoms with van der Waals surface area (Å²) >= 11 is 0. The van der Waals surface area contributed by atoms with Crippen molar-refractivity contribution >= 4 is 11.8 Å². The molecule has 5 heteroatoms. The second-order valence-corrected chi connectivity index (χ2v) is 4.37. The fourth-order valence-corrected chi connectivity index (χ4v) is 2.18. The molecule has 1 unspecified atom stereocenters. The minimum Gasteiger partial charge on any atom is -0.480 e. The Balaban J connectivity index is 2.48. The fourth-order valence-electron chi connectivity index (χ4n) is 2.18. The van der Waals surface area contributed by atoms with Crippen LogP contribution in [-0.4, -0.2) is 43.8 Å². The number of ether oxygens (including phenoxy) is 2. The van der Waals surface area contributed by atoms with Crippen LogP contribution in [0.25, 0.3) is 0 Å². The summed E-state index contributed by atoms with van der Waals surface area (Å²) in [4.78, 5) is 23.1. The van der Waals surface area contributed by atoms with E-state index < -0.39 is 11.4 Å². The maximum Gasteiger partial charge on any atom is 0.317 e. The first-order chi connectivity index (χ1) is 8.13. The molecule has 0 spiro atoms. The van der Waals surface area contributed by atoms with Crippen LogP contribution in [0.3, 0.4) is 0 Å². The van der Waals surface area contributed by atoms with E-state index >= 15 is 0 Å². The predicted molar refractivity (Wildman–Crippen MR) is 60.9 cm³/mol. The number of Topliss-reactive ketones (excluding diaryl/α,β-unsaturated/α-hetero) is 1. The van der Waals surface area contributed by atoms with E-state index in [2.05, 4.69) is 0 Å². The maximum absolute atomic E-state index is 11.8. The lowest BCUT2D eigenvalue weighted by Crippen LogP contribution is -2.42. The van der Waals surface area contributed by atoms with E-state index in [4.69, 9.17) is 9.47 Å². The molecule has 0 amide bonds. The van der Waals surface area contributed by atoms with Crippen LogP contribution in [0.2, 0.25) is 0 Å². The van der Waals surface area contributed by atoms with Gasteiger partial charge in [-0.15, -0.1) is 0 Å². The lowest BCUT2D eigenvalue weighted by molar-refractivity contribution is -0.158. The van der Waals surface area contributed by atoms with Crippen LogP contribution in [-0.2, 0) is 19.1 Å². The van der Waals surface area contributed by atoms with Crippen LogP contribution in [0.4, 0.5) is 0 Å². The van der Waals surface area contributed by atoms with Gasteiger partial charge < -0.3 is 14.6 Å². The Bertz CT molecular complexity index is 276. The molecule has 0 aliphatic heterocycles. The van der Waals surface area contributed by atoms with E-state index in [1.165, 1.54) is 0 Å². The number of aliphatic carboxylic acids is 1. The summed E-state index contributed by atoms with van der Waals surface area (Å²) < 4.78 is 10.1. The average Bonchev–Trinajstić information content (AvgIpc) is 2.31. The van der Waals surface area contributed by atoms with Crippen molar-refractivity contribution in [2.24, 2.45) is 5.41 Å². The molecule has 1 fully saturated rings. The molecule has 1 rings (SSSR count). The number of ketones is 1. The van der Waals surface area contributed by atoms with Crippen molar-refractivity contribution in [1.29, 1.82) is 0 Å². The minimum absolute atomic E-state index is 0.147. The van der Waals surface area contributed by atoms with Crippen LogP contribution in [0.1, 0.15) is 32.1 Å². The molecule has 98 valence electrons. The van der Waals surface area contributed by atoms with E-state index in [0.717, 1.165) is 12.8 Å². The van der Waals surface area contributed by atoms with Crippen LogP contribution >= 0.6 is 0 Å². The highest BCUT2D eigenvalue weighted by Crippen LogP contribution is 2.36. The molecule has 1 aliphatic carbocycles. The number of hydrogen-bond acceptors (Lipinski definition) is 4. The first-order valence-corrected chi connectivity index (χ1v) is 5.97. The third-order valence-corrected chi connectivity index (χ3v) is 3.31. The average molecular weight is 244 g/mol. The topological polar surface area (TPSA) is 72.8 Å². The zero-order valence-corrected chi connectivity index (χ0v) is 10.2. The molecule has 0 aromatic heterocycles. The standard InChI is InChI=1S/C12H20O5/c1-16-8-9-17-7-6-12(11(14)15)5-3-2-4-10(12)13/h2-9H2,1H3,(H,14,15). The Labute approximate surface area is 101 Å². The smallest absolute Gasteiger partial charge is 0.317 e. The highest BCUT2D eigenvalue weighted by molar-refractivity contribution is 6.03. The monoisotopic (exact) mass is 244 g/mol. The molecule has 17 heavy (non-hydrogen) atoms. The van der Waals surface area contributed by atoms with Gasteiger partial charge in [-0.3, -0.25) is 9.59 Å². The number of carboxylic acid groups (broad SMARTS) is 1. The van der Waals surface area contributed by atoms with Gasteiger partial charge in [0.1, 0.15) is 11.2 Å². The van der Waals surface area contributed by atoms with Crippen molar-refractivity contribution < 1.29 is 24.2 Å². The van der Waals surface area contributed by atoms with E-state index in [9.17, 15) is 14.7 Å². The van der Waals surface area contributed by atoms with Crippen molar-refractivity contribution in [3.63, 3.8) is 0 Å². The van der Waals surface area contributed by atoms with Gasteiger partial charge in [0, 0.05) is 20.1 Å². The van der Waals surface area contributed by atoms with Crippen LogP contribution in [0.5, 0.6) is 0 Å². The fraction of sp³-hybridized carbons (Fsp3) is 0.833. The molecule has 0 heterocycles. The Morgan fingerprint density at radius 3 is 2.71 bits per heavy atom. The lowest BCUT2D eigenvalue weighted by atomic mass is 9.71. The first-order valence-electron chi connectivity index (χ1n) is 5.97. The van der Waals surface area contributed by atoms with Crippen LogP contribution < -0.4 is 0 Å². The quantitative estimate of drug-likeness (QED) is 0.539. The molecular formula is C12H20O5. The van der Waals surface area contributed by atoms with Crippen LogP contribution in [0, 0.1) is 5.41 Å². The van der Waals surface area contributed by atoms with Gasteiger partial charge in [0.25, 0.3) is 0 Å². The van der Waals surface area contributed by atoms with Gasteiger partial charge in [-0.25, -0.2) is 0 Å². The highest BCUT2D eigenvalue weighted by Gasteiger charge is 2.46. The van der Waals surface area contributed by atoms with Crippen molar-refractivity contribution in [1.82, 2.24) is 0 Å². The van der Waals surface area contributed by atoms with Crippen molar-refractivity contribution in [2.45, 2.75) is 32.1 Å². The third-order valence-electron chi connectivity index (χ3n) is 3.31. The van der Waals surface area contributed by atoms with Gasteiger partial charge in [0.2, 0.25) is 0 Å². The Morgan fingerprint density at radius 2 is 2.12 bits per heavy atom. The van der Waals surface area contributed by atoms with Gasteiger partial charge in [-0.05, 0) is 19.3 Å². The molecule has 5 nitrogen and oxygen atoms in total. The number of methoxy groups -OCH3 is 1.